The van der Waals surface area contributed by atoms with Crippen molar-refractivity contribution >= 4 is 23.2 Å². The minimum Gasteiger partial charge on any atom is -0.493 e. The Morgan fingerprint density at radius 2 is 1.87 bits per heavy atom. The van der Waals surface area contributed by atoms with Crippen LogP contribution in [0.5, 0.6) is 28.7 Å². The normalized spacial score (nSPS) is 11.7. The summed E-state index contributed by atoms with van der Waals surface area (Å²) < 4.78 is 27.0. The van der Waals surface area contributed by atoms with E-state index >= 15 is 0 Å². The summed E-state index contributed by atoms with van der Waals surface area (Å²) in [5.41, 5.74) is 1.87. The number of ether oxygens (including phenoxy) is 5. The molecule has 0 spiro atoms. The molecule has 3 aromatic rings. The Balaban J connectivity index is 1.43. The van der Waals surface area contributed by atoms with E-state index < -0.39 is 0 Å². The van der Waals surface area contributed by atoms with E-state index in [4.69, 9.17) is 35.3 Å². The summed E-state index contributed by atoms with van der Waals surface area (Å²) in [4.78, 5) is 12.7. The Bertz CT molecular complexity index is 1120. The predicted molar refractivity (Wildman–Crippen MR) is 116 cm³/mol. The maximum absolute atomic E-state index is 12.7. The molecular weight excluding hydrogens is 422 g/mol. The van der Waals surface area contributed by atoms with E-state index in [2.05, 4.69) is 5.32 Å². The van der Waals surface area contributed by atoms with Gasteiger partial charge in [-0.05, 0) is 42.0 Å². The number of carbonyl (C=O) groups excluding carboxylic acids is 1. The number of rotatable bonds is 7. The summed E-state index contributed by atoms with van der Waals surface area (Å²) >= 11 is 6.20. The average molecular weight is 442 g/mol. The Labute approximate surface area is 184 Å². The highest BCUT2D eigenvalue weighted by Gasteiger charge is 2.16. The molecule has 3 aromatic carbocycles. The van der Waals surface area contributed by atoms with Crippen LogP contribution in [-0.2, 0) is 6.61 Å². The summed E-state index contributed by atoms with van der Waals surface area (Å²) in [6.45, 7) is 0.539. The lowest BCUT2D eigenvalue weighted by atomic mass is 10.1. The second-order valence-electron chi connectivity index (χ2n) is 6.65. The molecule has 31 heavy (non-hydrogen) atoms. The van der Waals surface area contributed by atoms with Crippen molar-refractivity contribution < 1.29 is 28.5 Å². The molecule has 0 unspecified atom stereocenters. The molecule has 0 saturated heterocycles. The van der Waals surface area contributed by atoms with Gasteiger partial charge >= 0.3 is 0 Å². The molecule has 8 heteroatoms. The lowest BCUT2D eigenvalue weighted by Crippen LogP contribution is -2.12. The number of carbonyl (C=O) groups is 1. The third-order valence-electron chi connectivity index (χ3n) is 4.63. The number of nitrogens with one attached hydrogen (secondary N) is 1. The Morgan fingerprint density at radius 1 is 1.03 bits per heavy atom. The fraction of sp³-hybridized carbons (Fsp3) is 0.174. The standard InChI is InChI=1S/C23H20ClNO6/c1-27-21-10-15(9-18(24)22(21)28-2)23(26)25-16-5-3-4-14(8-16)12-29-17-6-7-19-20(11-17)31-13-30-19/h3-11H,12-13H2,1-2H3,(H,25,26). The van der Waals surface area contributed by atoms with Crippen LogP contribution in [0.15, 0.2) is 54.6 Å². The Morgan fingerprint density at radius 3 is 2.68 bits per heavy atom. The van der Waals surface area contributed by atoms with Crippen LogP contribution in [0.25, 0.3) is 0 Å². The molecule has 1 heterocycles. The van der Waals surface area contributed by atoms with Gasteiger partial charge in [0.2, 0.25) is 6.79 Å². The van der Waals surface area contributed by atoms with Crippen LogP contribution in [0.3, 0.4) is 0 Å². The van der Waals surface area contributed by atoms with Crippen molar-refractivity contribution in [3.63, 3.8) is 0 Å². The maximum atomic E-state index is 12.7. The third-order valence-corrected chi connectivity index (χ3v) is 4.91. The van der Waals surface area contributed by atoms with E-state index in [0.717, 1.165) is 5.56 Å². The van der Waals surface area contributed by atoms with Crippen molar-refractivity contribution in [1.29, 1.82) is 0 Å². The number of hydrogen-bond acceptors (Lipinski definition) is 6. The highest BCUT2D eigenvalue weighted by Crippen LogP contribution is 2.37. The average Bonchev–Trinajstić information content (AvgIpc) is 3.25. The highest BCUT2D eigenvalue weighted by atomic mass is 35.5. The van der Waals surface area contributed by atoms with Gasteiger partial charge in [-0.2, -0.15) is 0 Å². The molecule has 1 N–H and O–H groups in total. The summed E-state index contributed by atoms with van der Waals surface area (Å²) in [6, 6.07) is 15.9. The molecule has 0 aromatic heterocycles. The first-order valence-corrected chi connectivity index (χ1v) is 9.79. The molecule has 0 fully saturated rings. The number of benzene rings is 3. The van der Waals surface area contributed by atoms with Crippen LogP contribution in [0.4, 0.5) is 5.69 Å². The Kier molecular flexibility index (Phi) is 6.04. The fourth-order valence-corrected chi connectivity index (χ4v) is 3.41. The van der Waals surface area contributed by atoms with Crippen molar-refractivity contribution in [2.45, 2.75) is 6.61 Å². The predicted octanol–water partition coefficient (Wildman–Crippen LogP) is 4.92. The van der Waals surface area contributed by atoms with E-state index in [0.29, 0.717) is 46.6 Å². The molecule has 4 rings (SSSR count). The zero-order chi connectivity index (χ0) is 21.8. The van der Waals surface area contributed by atoms with Gasteiger partial charge in [-0.25, -0.2) is 0 Å². The molecular formula is C23H20ClNO6. The lowest BCUT2D eigenvalue weighted by molar-refractivity contribution is 0.102. The minimum absolute atomic E-state index is 0.214. The van der Waals surface area contributed by atoms with Gasteiger partial charge in [0.1, 0.15) is 12.4 Å². The van der Waals surface area contributed by atoms with Gasteiger partial charge in [0.05, 0.1) is 19.2 Å². The van der Waals surface area contributed by atoms with Gasteiger partial charge in [0.15, 0.2) is 23.0 Å². The maximum Gasteiger partial charge on any atom is 0.255 e. The molecule has 160 valence electrons. The van der Waals surface area contributed by atoms with E-state index in [1.54, 1.807) is 18.2 Å². The highest BCUT2D eigenvalue weighted by molar-refractivity contribution is 6.32. The van der Waals surface area contributed by atoms with Gasteiger partial charge in [-0.3, -0.25) is 4.79 Å². The fourth-order valence-electron chi connectivity index (χ4n) is 3.12. The lowest BCUT2D eigenvalue weighted by Gasteiger charge is -2.12. The van der Waals surface area contributed by atoms with Gasteiger partial charge in [-0.1, -0.05) is 23.7 Å². The SMILES string of the molecule is COc1cc(C(=O)Nc2cccc(COc3ccc4c(c3)OCO4)c2)cc(Cl)c1OC. The molecule has 0 bridgehead atoms. The van der Waals surface area contributed by atoms with Crippen molar-refractivity contribution in [2.24, 2.45) is 0 Å². The van der Waals surface area contributed by atoms with E-state index in [1.807, 2.05) is 30.3 Å². The van der Waals surface area contributed by atoms with Crippen molar-refractivity contribution in [3.8, 4) is 28.7 Å². The van der Waals surface area contributed by atoms with Gasteiger partial charge in [0.25, 0.3) is 5.91 Å². The first kappa shape index (κ1) is 20.7. The third kappa shape index (κ3) is 4.62. The van der Waals surface area contributed by atoms with Gasteiger partial charge < -0.3 is 29.0 Å². The largest absolute Gasteiger partial charge is 0.493 e. The molecule has 0 atom stereocenters. The van der Waals surface area contributed by atoms with E-state index in [-0.39, 0.29) is 17.7 Å². The van der Waals surface area contributed by atoms with Gasteiger partial charge in [0, 0.05) is 17.3 Å². The smallest absolute Gasteiger partial charge is 0.255 e. The molecule has 1 aliphatic rings. The van der Waals surface area contributed by atoms with Crippen LogP contribution < -0.4 is 29.0 Å². The van der Waals surface area contributed by atoms with E-state index in [1.165, 1.54) is 20.3 Å². The summed E-state index contributed by atoms with van der Waals surface area (Å²) in [5.74, 6) is 2.46. The molecule has 0 aliphatic carbocycles. The number of halogens is 1. The van der Waals surface area contributed by atoms with Crippen molar-refractivity contribution in [2.75, 3.05) is 26.3 Å². The summed E-state index contributed by atoms with van der Waals surface area (Å²) in [6.07, 6.45) is 0. The minimum atomic E-state index is -0.323. The molecule has 0 saturated carbocycles. The van der Waals surface area contributed by atoms with Crippen molar-refractivity contribution in [1.82, 2.24) is 0 Å². The van der Waals surface area contributed by atoms with Crippen LogP contribution in [-0.4, -0.2) is 26.9 Å². The number of fused-ring (bicyclic) bond motifs is 1. The number of amides is 1. The number of hydrogen-bond donors (Lipinski definition) is 1. The van der Waals surface area contributed by atoms with Gasteiger partial charge in [-0.15, -0.1) is 0 Å². The number of methoxy groups -OCH3 is 2. The van der Waals surface area contributed by atoms with Crippen LogP contribution in [0, 0.1) is 0 Å². The second-order valence-corrected chi connectivity index (χ2v) is 7.06. The summed E-state index contributed by atoms with van der Waals surface area (Å²) in [7, 11) is 2.97. The summed E-state index contributed by atoms with van der Waals surface area (Å²) in [5, 5.41) is 3.15. The molecule has 1 amide bonds. The Hall–Kier alpha value is -3.58. The zero-order valence-corrected chi connectivity index (χ0v) is 17.7. The van der Waals surface area contributed by atoms with E-state index in [9.17, 15) is 4.79 Å². The first-order valence-electron chi connectivity index (χ1n) is 9.41. The quantitative estimate of drug-likeness (QED) is 0.561. The second kappa shape index (κ2) is 9.06. The van der Waals surface area contributed by atoms with Crippen molar-refractivity contribution in [3.05, 3.63) is 70.7 Å². The molecule has 7 nitrogen and oxygen atoms in total. The monoisotopic (exact) mass is 441 g/mol. The first-order chi connectivity index (χ1) is 15.1. The molecule has 0 radical (unpaired) electrons. The van der Waals surface area contributed by atoms with Crippen LogP contribution in [0.1, 0.15) is 15.9 Å². The zero-order valence-electron chi connectivity index (χ0n) is 16.9. The topological polar surface area (TPSA) is 75.3 Å². The van der Waals surface area contributed by atoms with Crippen LogP contribution >= 0.6 is 11.6 Å². The van der Waals surface area contributed by atoms with Crippen LogP contribution in [0.2, 0.25) is 5.02 Å². The number of anilines is 1. The molecule has 1 aliphatic heterocycles.